The first-order valence-electron chi connectivity index (χ1n) is 7.65. The second-order valence-electron chi connectivity index (χ2n) is 6.14. The molecular weight excluding hydrogens is 264 g/mol. The Bertz CT molecular complexity index is 459. The SMILES string of the molecule is COC(CN)CC(=O)N1CCCC(C)(c2ccccc2)C1. The van der Waals surface area contributed by atoms with Gasteiger partial charge in [0, 0.05) is 32.2 Å². The number of likely N-dealkylation sites (tertiary alicyclic amines) is 1. The highest BCUT2D eigenvalue weighted by Crippen LogP contribution is 2.33. The predicted molar refractivity (Wildman–Crippen MR) is 84.1 cm³/mol. The van der Waals surface area contributed by atoms with Crippen LogP contribution in [0.4, 0.5) is 0 Å². The van der Waals surface area contributed by atoms with E-state index in [1.54, 1.807) is 7.11 Å². The van der Waals surface area contributed by atoms with Gasteiger partial charge in [-0.1, -0.05) is 37.3 Å². The van der Waals surface area contributed by atoms with Gasteiger partial charge in [0.05, 0.1) is 12.5 Å². The lowest BCUT2D eigenvalue weighted by Gasteiger charge is -2.41. The minimum absolute atomic E-state index is 0.0421. The topological polar surface area (TPSA) is 55.6 Å². The molecule has 0 aromatic heterocycles. The number of ether oxygens (including phenoxy) is 1. The van der Waals surface area contributed by atoms with Crippen LogP contribution in [0.25, 0.3) is 0 Å². The van der Waals surface area contributed by atoms with Gasteiger partial charge in [0.2, 0.25) is 5.91 Å². The third-order valence-corrected chi connectivity index (χ3v) is 4.52. The lowest BCUT2D eigenvalue weighted by Crippen LogP contribution is -2.48. The van der Waals surface area contributed by atoms with Crippen molar-refractivity contribution in [1.82, 2.24) is 4.90 Å². The highest BCUT2D eigenvalue weighted by molar-refractivity contribution is 5.77. The molecule has 1 amide bonds. The van der Waals surface area contributed by atoms with Crippen molar-refractivity contribution in [3.8, 4) is 0 Å². The van der Waals surface area contributed by atoms with Gasteiger partial charge >= 0.3 is 0 Å². The zero-order chi connectivity index (χ0) is 15.3. The van der Waals surface area contributed by atoms with Crippen LogP contribution in [-0.4, -0.2) is 43.7 Å². The van der Waals surface area contributed by atoms with Crippen LogP contribution in [0.5, 0.6) is 0 Å². The van der Waals surface area contributed by atoms with E-state index in [4.69, 9.17) is 10.5 Å². The van der Waals surface area contributed by atoms with Gasteiger partial charge in [-0.3, -0.25) is 4.79 Å². The molecule has 0 bridgehead atoms. The number of carbonyl (C=O) groups is 1. The number of hydrogen-bond acceptors (Lipinski definition) is 3. The first-order chi connectivity index (χ1) is 10.1. The molecule has 4 heteroatoms. The molecule has 0 saturated carbocycles. The molecule has 0 spiro atoms. The van der Waals surface area contributed by atoms with E-state index >= 15 is 0 Å². The summed E-state index contributed by atoms with van der Waals surface area (Å²) in [6, 6.07) is 10.5. The summed E-state index contributed by atoms with van der Waals surface area (Å²) in [5.41, 5.74) is 6.96. The Labute approximate surface area is 127 Å². The minimum Gasteiger partial charge on any atom is -0.380 e. The zero-order valence-corrected chi connectivity index (χ0v) is 13.0. The molecule has 2 unspecified atom stereocenters. The molecule has 0 aliphatic carbocycles. The van der Waals surface area contributed by atoms with Crippen molar-refractivity contribution in [3.05, 3.63) is 35.9 Å². The Morgan fingerprint density at radius 2 is 2.14 bits per heavy atom. The quantitative estimate of drug-likeness (QED) is 0.901. The Morgan fingerprint density at radius 1 is 1.43 bits per heavy atom. The Morgan fingerprint density at radius 3 is 2.76 bits per heavy atom. The second-order valence-corrected chi connectivity index (χ2v) is 6.14. The molecule has 0 radical (unpaired) electrons. The lowest BCUT2D eigenvalue weighted by molar-refractivity contribution is -0.135. The van der Waals surface area contributed by atoms with E-state index in [0.29, 0.717) is 13.0 Å². The van der Waals surface area contributed by atoms with E-state index in [0.717, 1.165) is 25.9 Å². The summed E-state index contributed by atoms with van der Waals surface area (Å²) in [4.78, 5) is 14.4. The molecular formula is C17H26N2O2. The summed E-state index contributed by atoms with van der Waals surface area (Å²) in [6.07, 6.45) is 2.35. The van der Waals surface area contributed by atoms with Crippen molar-refractivity contribution in [2.45, 2.75) is 37.7 Å². The highest BCUT2D eigenvalue weighted by atomic mass is 16.5. The number of rotatable bonds is 5. The molecule has 1 heterocycles. The number of amides is 1. The van der Waals surface area contributed by atoms with Crippen molar-refractivity contribution in [1.29, 1.82) is 0 Å². The third-order valence-electron chi connectivity index (χ3n) is 4.52. The molecule has 1 fully saturated rings. The van der Waals surface area contributed by atoms with Gasteiger partial charge in [-0.2, -0.15) is 0 Å². The molecule has 116 valence electrons. The summed E-state index contributed by atoms with van der Waals surface area (Å²) in [5.74, 6) is 0.147. The van der Waals surface area contributed by atoms with Crippen LogP contribution in [0.15, 0.2) is 30.3 Å². The molecule has 2 N–H and O–H groups in total. The van der Waals surface area contributed by atoms with Gasteiger partial charge in [-0.15, -0.1) is 0 Å². The minimum atomic E-state index is -0.178. The maximum atomic E-state index is 12.4. The molecule has 2 rings (SSSR count). The summed E-state index contributed by atoms with van der Waals surface area (Å²) >= 11 is 0. The van der Waals surface area contributed by atoms with Gasteiger partial charge < -0.3 is 15.4 Å². The number of benzene rings is 1. The van der Waals surface area contributed by atoms with Crippen LogP contribution < -0.4 is 5.73 Å². The molecule has 1 aromatic carbocycles. The molecule has 1 aliphatic rings. The Hall–Kier alpha value is -1.39. The van der Waals surface area contributed by atoms with Gasteiger partial charge in [0.25, 0.3) is 0 Å². The summed E-state index contributed by atoms with van der Waals surface area (Å²) in [7, 11) is 1.61. The summed E-state index contributed by atoms with van der Waals surface area (Å²) < 4.78 is 5.23. The molecule has 2 atom stereocenters. The van der Waals surface area contributed by atoms with Crippen LogP contribution in [0, 0.1) is 0 Å². The fraction of sp³-hybridized carbons (Fsp3) is 0.588. The van der Waals surface area contributed by atoms with E-state index < -0.39 is 0 Å². The number of methoxy groups -OCH3 is 1. The number of nitrogens with two attached hydrogens (primary N) is 1. The van der Waals surface area contributed by atoms with Crippen molar-refractivity contribution in [3.63, 3.8) is 0 Å². The van der Waals surface area contributed by atoms with Crippen molar-refractivity contribution in [2.75, 3.05) is 26.7 Å². The number of piperidine rings is 1. The third kappa shape index (κ3) is 3.83. The smallest absolute Gasteiger partial charge is 0.225 e. The first-order valence-corrected chi connectivity index (χ1v) is 7.65. The highest BCUT2D eigenvalue weighted by Gasteiger charge is 2.34. The average molecular weight is 290 g/mol. The number of hydrogen-bond donors (Lipinski definition) is 1. The maximum absolute atomic E-state index is 12.4. The van der Waals surface area contributed by atoms with E-state index in [1.807, 2.05) is 11.0 Å². The largest absolute Gasteiger partial charge is 0.380 e. The first kappa shape index (κ1) is 16.0. The van der Waals surface area contributed by atoms with Gasteiger partial charge in [0.1, 0.15) is 0 Å². The summed E-state index contributed by atoms with van der Waals surface area (Å²) in [6.45, 7) is 4.24. The molecule has 1 saturated heterocycles. The average Bonchev–Trinajstić information content (AvgIpc) is 2.53. The van der Waals surface area contributed by atoms with Crippen LogP contribution in [0.1, 0.15) is 31.7 Å². The normalized spacial score (nSPS) is 23.9. The van der Waals surface area contributed by atoms with Crippen LogP contribution in [0.2, 0.25) is 0 Å². The van der Waals surface area contributed by atoms with Crippen LogP contribution in [-0.2, 0) is 14.9 Å². The van der Waals surface area contributed by atoms with Crippen LogP contribution in [0.3, 0.4) is 0 Å². The van der Waals surface area contributed by atoms with Gasteiger partial charge in [-0.25, -0.2) is 0 Å². The molecule has 4 nitrogen and oxygen atoms in total. The number of carbonyl (C=O) groups excluding carboxylic acids is 1. The molecule has 1 aliphatic heterocycles. The molecule has 1 aromatic rings. The second kappa shape index (κ2) is 7.05. The fourth-order valence-corrected chi connectivity index (χ4v) is 3.12. The van der Waals surface area contributed by atoms with Crippen molar-refractivity contribution in [2.24, 2.45) is 5.73 Å². The predicted octanol–water partition coefficient (Wildman–Crippen LogP) is 1.93. The summed E-state index contributed by atoms with van der Waals surface area (Å²) in [5, 5.41) is 0. The van der Waals surface area contributed by atoms with E-state index in [9.17, 15) is 4.79 Å². The number of nitrogens with zero attached hydrogens (tertiary/aromatic N) is 1. The van der Waals surface area contributed by atoms with E-state index in [2.05, 4.69) is 31.2 Å². The Kier molecular flexibility index (Phi) is 5.37. The maximum Gasteiger partial charge on any atom is 0.225 e. The van der Waals surface area contributed by atoms with E-state index in [1.165, 1.54) is 5.56 Å². The molecule has 21 heavy (non-hydrogen) atoms. The zero-order valence-electron chi connectivity index (χ0n) is 13.0. The van der Waals surface area contributed by atoms with Crippen molar-refractivity contribution < 1.29 is 9.53 Å². The lowest BCUT2D eigenvalue weighted by atomic mass is 9.76. The van der Waals surface area contributed by atoms with Crippen LogP contribution >= 0.6 is 0 Å². The monoisotopic (exact) mass is 290 g/mol. The van der Waals surface area contributed by atoms with Gasteiger partial charge in [0.15, 0.2) is 0 Å². The van der Waals surface area contributed by atoms with E-state index in [-0.39, 0.29) is 17.4 Å². The standard InChI is InChI=1S/C17H26N2O2/c1-17(14-7-4-3-5-8-14)9-6-10-19(13-17)16(20)11-15(12-18)21-2/h3-5,7-8,15H,6,9-13,18H2,1-2H3. The van der Waals surface area contributed by atoms with Crippen molar-refractivity contribution >= 4 is 5.91 Å². The Balaban J connectivity index is 2.05. The van der Waals surface area contributed by atoms with Gasteiger partial charge in [-0.05, 0) is 18.4 Å². The fourth-order valence-electron chi connectivity index (χ4n) is 3.12.